The maximum absolute atomic E-state index is 12.4. The van der Waals surface area contributed by atoms with Crippen LogP contribution in [0.2, 0.25) is 0 Å². The third-order valence-corrected chi connectivity index (χ3v) is 3.22. The molecule has 26 heavy (non-hydrogen) atoms. The number of carboxylic acid groups (broad SMARTS) is 1. The van der Waals surface area contributed by atoms with E-state index in [-0.39, 0.29) is 18.0 Å². The SMILES string of the molecule is CC(C)C[C@H](NC(=O)CNC(=O)Nc1ccc(C(F)(F)F)cc1)C(=O)O. The Morgan fingerprint density at radius 3 is 2.15 bits per heavy atom. The highest BCUT2D eigenvalue weighted by molar-refractivity contribution is 5.93. The van der Waals surface area contributed by atoms with Gasteiger partial charge in [0.05, 0.1) is 12.1 Å². The van der Waals surface area contributed by atoms with Gasteiger partial charge in [-0.25, -0.2) is 9.59 Å². The lowest BCUT2D eigenvalue weighted by Crippen LogP contribution is -2.46. The average molecular weight is 375 g/mol. The highest BCUT2D eigenvalue weighted by Crippen LogP contribution is 2.29. The van der Waals surface area contributed by atoms with E-state index in [2.05, 4.69) is 16.0 Å². The van der Waals surface area contributed by atoms with E-state index >= 15 is 0 Å². The summed E-state index contributed by atoms with van der Waals surface area (Å²) < 4.78 is 37.3. The van der Waals surface area contributed by atoms with Crippen molar-refractivity contribution in [2.45, 2.75) is 32.5 Å². The fraction of sp³-hybridized carbons (Fsp3) is 0.438. The first-order valence-corrected chi connectivity index (χ1v) is 7.73. The standard InChI is InChI=1S/C16H20F3N3O4/c1-9(2)7-12(14(24)25)22-13(23)8-20-15(26)21-11-5-3-10(4-6-11)16(17,18)19/h3-6,9,12H,7-8H2,1-2H3,(H,22,23)(H,24,25)(H2,20,21,26)/t12-/m0/s1. The lowest BCUT2D eigenvalue weighted by atomic mass is 10.0. The number of rotatable bonds is 7. The molecule has 0 aromatic heterocycles. The molecule has 1 atom stereocenters. The maximum atomic E-state index is 12.4. The predicted octanol–water partition coefficient (Wildman–Crippen LogP) is 2.44. The summed E-state index contributed by atoms with van der Waals surface area (Å²) in [5.41, 5.74) is -0.744. The lowest BCUT2D eigenvalue weighted by molar-refractivity contribution is -0.142. The summed E-state index contributed by atoms with van der Waals surface area (Å²) in [6.07, 6.45) is -4.24. The third kappa shape index (κ3) is 7.41. The summed E-state index contributed by atoms with van der Waals surface area (Å²) in [6.45, 7) is 3.13. The van der Waals surface area contributed by atoms with Gasteiger partial charge in [0.15, 0.2) is 0 Å². The average Bonchev–Trinajstić information content (AvgIpc) is 2.51. The van der Waals surface area contributed by atoms with Gasteiger partial charge in [-0.3, -0.25) is 4.79 Å². The molecule has 1 aromatic carbocycles. The Balaban J connectivity index is 2.48. The fourth-order valence-corrected chi connectivity index (χ4v) is 2.02. The van der Waals surface area contributed by atoms with Crippen LogP contribution >= 0.6 is 0 Å². The smallest absolute Gasteiger partial charge is 0.416 e. The number of anilines is 1. The van der Waals surface area contributed by atoms with E-state index in [9.17, 15) is 27.6 Å². The minimum atomic E-state index is -4.48. The minimum Gasteiger partial charge on any atom is -0.480 e. The van der Waals surface area contributed by atoms with Gasteiger partial charge in [0.25, 0.3) is 0 Å². The van der Waals surface area contributed by atoms with Crippen molar-refractivity contribution in [1.82, 2.24) is 10.6 Å². The number of aliphatic carboxylic acids is 1. The minimum absolute atomic E-state index is 0.0485. The van der Waals surface area contributed by atoms with E-state index in [1.165, 1.54) is 0 Å². The molecule has 1 rings (SSSR count). The van der Waals surface area contributed by atoms with Crippen LogP contribution in [0.4, 0.5) is 23.7 Å². The zero-order valence-corrected chi connectivity index (χ0v) is 14.2. The number of urea groups is 1. The van der Waals surface area contributed by atoms with Crippen LogP contribution in [0.25, 0.3) is 0 Å². The van der Waals surface area contributed by atoms with Crippen molar-refractivity contribution in [1.29, 1.82) is 0 Å². The van der Waals surface area contributed by atoms with Crippen molar-refractivity contribution in [2.24, 2.45) is 5.92 Å². The van der Waals surface area contributed by atoms with Gasteiger partial charge in [-0.05, 0) is 36.6 Å². The molecular formula is C16H20F3N3O4. The first kappa shape index (κ1) is 21.3. The van der Waals surface area contributed by atoms with Crippen LogP contribution in [0.3, 0.4) is 0 Å². The highest BCUT2D eigenvalue weighted by atomic mass is 19.4. The first-order valence-electron chi connectivity index (χ1n) is 7.73. The fourth-order valence-electron chi connectivity index (χ4n) is 2.02. The predicted molar refractivity (Wildman–Crippen MR) is 87.5 cm³/mol. The molecule has 7 nitrogen and oxygen atoms in total. The summed E-state index contributed by atoms with van der Waals surface area (Å²) in [5, 5.41) is 15.8. The largest absolute Gasteiger partial charge is 0.480 e. The Labute approximate surface area is 148 Å². The van der Waals surface area contributed by atoms with Crippen LogP contribution in [0, 0.1) is 5.92 Å². The topological polar surface area (TPSA) is 108 Å². The van der Waals surface area contributed by atoms with Gasteiger partial charge in [-0.15, -0.1) is 0 Å². The highest BCUT2D eigenvalue weighted by Gasteiger charge is 2.30. The van der Waals surface area contributed by atoms with Crippen molar-refractivity contribution >= 4 is 23.6 Å². The second-order valence-electron chi connectivity index (χ2n) is 5.97. The Kier molecular flexibility index (Phi) is 7.41. The molecule has 0 spiro atoms. The third-order valence-electron chi connectivity index (χ3n) is 3.22. The molecule has 0 heterocycles. The van der Waals surface area contributed by atoms with Gasteiger partial charge in [0.1, 0.15) is 6.04 Å². The Morgan fingerprint density at radius 1 is 1.12 bits per heavy atom. The van der Waals surface area contributed by atoms with E-state index in [1.54, 1.807) is 13.8 Å². The number of halogens is 3. The van der Waals surface area contributed by atoms with Gasteiger partial charge in [0, 0.05) is 5.69 Å². The van der Waals surface area contributed by atoms with Crippen LogP contribution in [0.15, 0.2) is 24.3 Å². The van der Waals surface area contributed by atoms with E-state index < -0.39 is 42.2 Å². The molecule has 0 unspecified atom stereocenters. The number of hydrogen-bond acceptors (Lipinski definition) is 3. The van der Waals surface area contributed by atoms with Gasteiger partial charge in [-0.2, -0.15) is 13.2 Å². The zero-order valence-electron chi connectivity index (χ0n) is 14.2. The molecule has 0 bridgehead atoms. The molecule has 0 aliphatic carbocycles. The molecule has 10 heteroatoms. The van der Waals surface area contributed by atoms with Crippen molar-refractivity contribution in [3.63, 3.8) is 0 Å². The summed E-state index contributed by atoms with van der Waals surface area (Å²) in [4.78, 5) is 34.4. The van der Waals surface area contributed by atoms with Crippen LogP contribution in [0.1, 0.15) is 25.8 Å². The summed E-state index contributed by atoms with van der Waals surface area (Å²) >= 11 is 0. The molecule has 0 aliphatic heterocycles. The number of carboxylic acids is 1. The number of nitrogens with one attached hydrogen (secondary N) is 3. The van der Waals surface area contributed by atoms with Crippen LogP contribution in [0.5, 0.6) is 0 Å². The molecular weight excluding hydrogens is 355 g/mol. The monoisotopic (exact) mass is 375 g/mol. The summed E-state index contributed by atoms with van der Waals surface area (Å²) in [6, 6.07) is 1.90. The van der Waals surface area contributed by atoms with Gasteiger partial charge < -0.3 is 21.1 Å². The Bertz CT molecular complexity index is 645. The molecule has 1 aromatic rings. The van der Waals surface area contributed by atoms with Crippen molar-refractivity contribution in [2.75, 3.05) is 11.9 Å². The molecule has 0 fully saturated rings. The second kappa shape index (κ2) is 9.07. The molecule has 0 aliphatic rings. The number of carbonyl (C=O) groups is 3. The number of benzene rings is 1. The first-order chi connectivity index (χ1) is 12.0. The van der Waals surface area contributed by atoms with E-state index in [0.717, 1.165) is 24.3 Å². The molecule has 0 radical (unpaired) electrons. The number of alkyl halides is 3. The van der Waals surface area contributed by atoms with Crippen LogP contribution < -0.4 is 16.0 Å². The van der Waals surface area contributed by atoms with Crippen LogP contribution in [-0.2, 0) is 15.8 Å². The van der Waals surface area contributed by atoms with E-state index in [1.807, 2.05) is 0 Å². The lowest BCUT2D eigenvalue weighted by Gasteiger charge is -2.16. The quantitative estimate of drug-likeness (QED) is 0.587. The molecule has 144 valence electrons. The summed E-state index contributed by atoms with van der Waals surface area (Å²) in [5.74, 6) is -1.82. The van der Waals surface area contributed by atoms with Gasteiger partial charge >= 0.3 is 18.2 Å². The van der Waals surface area contributed by atoms with Crippen molar-refractivity contribution in [3.8, 4) is 0 Å². The van der Waals surface area contributed by atoms with Gasteiger partial charge in [-0.1, -0.05) is 13.8 Å². The van der Waals surface area contributed by atoms with Gasteiger partial charge in [0.2, 0.25) is 5.91 Å². The molecule has 0 saturated heterocycles. The Morgan fingerprint density at radius 2 is 1.69 bits per heavy atom. The molecule has 0 saturated carbocycles. The van der Waals surface area contributed by atoms with Crippen LogP contribution in [-0.4, -0.2) is 35.6 Å². The Hall–Kier alpha value is -2.78. The molecule has 4 N–H and O–H groups in total. The van der Waals surface area contributed by atoms with E-state index in [4.69, 9.17) is 5.11 Å². The number of hydrogen-bond donors (Lipinski definition) is 4. The second-order valence-corrected chi connectivity index (χ2v) is 5.97. The van der Waals surface area contributed by atoms with Crippen molar-refractivity contribution < 1.29 is 32.7 Å². The van der Waals surface area contributed by atoms with E-state index in [0.29, 0.717) is 0 Å². The number of carbonyl (C=O) groups excluding carboxylic acids is 2. The normalized spacial score (nSPS) is 12.4. The molecule has 3 amide bonds. The number of amides is 3. The van der Waals surface area contributed by atoms with Crippen molar-refractivity contribution in [3.05, 3.63) is 29.8 Å². The summed E-state index contributed by atoms with van der Waals surface area (Å²) in [7, 11) is 0. The zero-order chi connectivity index (χ0) is 19.9. The maximum Gasteiger partial charge on any atom is 0.416 e.